The Labute approximate surface area is 141 Å². The molecule has 1 aromatic heterocycles. The lowest BCUT2D eigenvalue weighted by molar-refractivity contribution is 0.0953. The minimum Gasteiger partial charge on any atom is -0.463 e. The number of benzene rings is 1. The number of nitrogens with zero attached hydrogens (tertiary/aromatic N) is 2. The van der Waals surface area contributed by atoms with E-state index >= 15 is 0 Å². The Morgan fingerprint density at radius 2 is 2.08 bits per heavy atom. The summed E-state index contributed by atoms with van der Waals surface area (Å²) in [5.74, 6) is -0.268. The second-order valence-corrected chi connectivity index (χ2v) is 5.11. The number of aliphatic imine (C=N–C) groups is 1. The average molecular weight is 327 g/mol. The summed E-state index contributed by atoms with van der Waals surface area (Å²) >= 11 is 0. The molecule has 0 atom stereocenters. The summed E-state index contributed by atoms with van der Waals surface area (Å²) in [6.07, 6.45) is 1.70. The number of pyridine rings is 1. The van der Waals surface area contributed by atoms with Crippen LogP contribution in [0.4, 0.5) is 0 Å². The van der Waals surface area contributed by atoms with Crippen molar-refractivity contribution in [3.05, 3.63) is 65.5 Å². The van der Waals surface area contributed by atoms with Crippen LogP contribution in [0.3, 0.4) is 0 Å². The average Bonchev–Trinajstić information content (AvgIpc) is 2.60. The normalized spacial score (nSPS) is 11.2. The molecule has 6 heteroatoms. The molecule has 2 aromatic rings. The molecule has 1 aromatic carbocycles. The fraction of sp³-hybridized carbons (Fsp3) is 0.278. The molecule has 0 fully saturated rings. The third kappa shape index (κ3) is 5.81. The number of hydrogen-bond donors (Lipinski definition) is 1. The van der Waals surface area contributed by atoms with Crippen LogP contribution in [-0.2, 0) is 16.0 Å². The zero-order valence-corrected chi connectivity index (χ0v) is 13.9. The topological polar surface area (TPSA) is 72.8 Å². The Morgan fingerprint density at radius 1 is 1.21 bits per heavy atom. The molecule has 126 valence electrons. The number of carbonyl (C=O) groups excluding carboxylic acids is 1. The monoisotopic (exact) mass is 327 g/mol. The molecular formula is C18H21N3O3. The summed E-state index contributed by atoms with van der Waals surface area (Å²) in [7, 11) is 1.58. The van der Waals surface area contributed by atoms with Gasteiger partial charge >= 0.3 is 0 Å². The number of methoxy groups -OCH3 is 1. The molecule has 1 N–H and O–H groups in total. The number of amides is 1. The van der Waals surface area contributed by atoms with Crippen molar-refractivity contribution in [3.63, 3.8) is 0 Å². The largest absolute Gasteiger partial charge is 0.463 e. The summed E-state index contributed by atoms with van der Waals surface area (Å²) in [6.45, 7) is 2.95. The van der Waals surface area contributed by atoms with Gasteiger partial charge in [-0.25, -0.2) is 4.99 Å². The van der Waals surface area contributed by atoms with Crippen LogP contribution in [0.1, 0.15) is 21.6 Å². The van der Waals surface area contributed by atoms with Gasteiger partial charge < -0.3 is 9.47 Å². The van der Waals surface area contributed by atoms with E-state index in [9.17, 15) is 4.79 Å². The van der Waals surface area contributed by atoms with Gasteiger partial charge in [-0.1, -0.05) is 23.8 Å². The van der Waals surface area contributed by atoms with Crippen LogP contribution in [0, 0.1) is 6.92 Å². The van der Waals surface area contributed by atoms with E-state index in [1.54, 1.807) is 25.4 Å². The maximum atomic E-state index is 12.3. The quantitative estimate of drug-likeness (QED) is 0.502. The van der Waals surface area contributed by atoms with Crippen molar-refractivity contribution in [2.45, 2.75) is 13.5 Å². The molecule has 24 heavy (non-hydrogen) atoms. The highest BCUT2D eigenvalue weighted by molar-refractivity contribution is 6.04. The standard InChI is InChI=1S/C18H21N3O3/c1-14-6-5-7-15(12-14)17(22)21-18(24-11-10-23-2)20-13-16-8-3-4-9-19-16/h3-9,12H,10-11,13H2,1-2H3,(H,20,21,22). The van der Waals surface area contributed by atoms with Gasteiger partial charge in [0.15, 0.2) is 0 Å². The summed E-state index contributed by atoms with van der Waals surface area (Å²) in [5.41, 5.74) is 2.35. The van der Waals surface area contributed by atoms with Crippen LogP contribution in [0.5, 0.6) is 0 Å². The maximum absolute atomic E-state index is 12.3. The number of rotatable bonds is 6. The summed E-state index contributed by atoms with van der Waals surface area (Å²) in [4.78, 5) is 20.8. The molecular weight excluding hydrogens is 306 g/mol. The van der Waals surface area contributed by atoms with Crippen molar-refractivity contribution in [1.82, 2.24) is 10.3 Å². The van der Waals surface area contributed by atoms with Crippen LogP contribution in [-0.4, -0.2) is 37.2 Å². The minimum atomic E-state index is -0.268. The lowest BCUT2D eigenvalue weighted by atomic mass is 10.1. The van der Waals surface area contributed by atoms with Gasteiger partial charge in [-0.3, -0.25) is 15.1 Å². The molecule has 0 aliphatic heterocycles. The van der Waals surface area contributed by atoms with E-state index in [0.29, 0.717) is 25.3 Å². The SMILES string of the molecule is COCCOC(=NCc1ccccn1)NC(=O)c1cccc(C)c1. The molecule has 1 amide bonds. The predicted molar refractivity (Wildman–Crippen MR) is 91.8 cm³/mol. The van der Waals surface area contributed by atoms with Crippen molar-refractivity contribution in [2.24, 2.45) is 4.99 Å². The number of aromatic nitrogens is 1. The number of carbonyl (C=O) groups is 1. The molecule has 0 aliphatic carbocycles. The van der Waals surface area contributed by atoms with E-state index in [1.807, 2.05) is 37.3 Å². The molecule has 1 heterocycles. The van der Waals surface area contributed by atoms with E-state index in [1.165, 1.54) is 0 Å². The number of amidine groups is 1. The molecule has 0 aliphatic rings. The van der Waals surface area contributed by atoms with E-state index in [-0.39, 0.29) is 11.9 Å². The smallest absolute Gasteiger partial charge is 0.292 e. The highest BCUT2D eigenvalue weighted by Gasteiger charge is 2.10. The van der Waals surface area contributed by atoms with Gasteiger partial charge in [0.25, 0.3) is 11.9 Å². The molecule has 0 unspecified atom stereocenters. The second-order valence-electron chi connectivity index (χ2n) is 5.11. The first kappa shape index (κ1) is 17.6. The fourth-order valence-corrected chi connectivity index (χ4v) is 1.94. The Kier molecular flexibility index (Phi) is 6.91. The van der Waals surface area contributed by atoms with E-state index in [2.05, 4.69) is 15.3 Å². The number of aryl methyl sites for hydroxylation is 1. The lowest BCUT2D eigenvalue weighted by Gasteiger charge is -2.11. The lowest BCUT2D eigenvalue weighted by Crippen LogP contribution is -2.33. The highest BCUT2D eigenvalue weighted by atomic mass is 16.5. The van der Waals surface area contributed by atoms with Crippen molar-refractivity contribution < 1.29 is 14.3 Å². The minimum absolute atomic E-state index is 0.157. The molecule has 0 radical (unpaired) electrons. The van der Waals surface area contributed by atoms with Crippen molar-refractivity contribution in [3.8, 4) is 0 Å². The Bertz CT molecular complexity index is 687. The number of hydrogen-bond acceptors (Lipinski definition) is 5. The zero-order chi connectivity index (χ0) is 17.2. The Hall–Kier alpha value is -2.73. The Morgan fingerprint density at radius 3 is 2.79 bits per heavy atom. The molecule has 0 spiro atoms. The third-order valence-corrected chi connectivity index (χ3v) is 3.14. The number of ether oxygens (including phenoxy) is 2. The van der Waals surface area contributed by atoms with Crippen LogP contribution in [0.2, 0.25) is 0 Å². The predicted octanol–water partition coefficient (Wildman–Crippen LogP) is 2.34. The number of nitrogens with one attached hydrogen (secondary N) is 1. The van der Waals surface area contributed by atoms with E-state index < -0.39 is 0 Å². The molecule has 0 saturated carbocycles. The fourth-order valence-electron chi connectivity index (χ4n) is 1.94. The van der Waals surface area contributed by atoms with Crippen molar-refractivity contribution >= 4 is 11.9 Å². The highest BCUT2D eigenvalue weighted by Crippen LogP contribution is 2.04. The first-order valence-electron chi connectivity index (χ1n) is 7.63. The molecule has 2 rings (SSSR count). The van der Waals surface area contributed by atoms with Gasteiger partial charge in [-0.2, -0.15) is 0 Å². The van der Waals surface area contributed by atoms with Crippen LogP contribution >= 0.6 is 0 Å². The summed E-state index contributed by atoms with van der Waals surface area (Å²) in [6, 6.07) is 13.1. The van der Waals surface area contributed by atoms with Crippen LogP contribution in [0.15, 0.2) is 53.7 Å². The van der Waals surface area contributed by atoms with Crippen molar-refractivity contribution in [1.29, 1.82) is 0 Å². The van der Waals surface area contributed by atoms with Gasteiger partial charge in [0.1, 0.15) is 6.61 Å². The van der Waals surface area contributed by atoms with E-state index in [0.717, 1.165) is 11.3 Å². The maximum Gasteiger partial charge on any atom is 0.292 e. The van der Waals surface area contributed by atoms with Crippen LogP contribution < -0.4 is 5.32 Å². The molecule has 0 bridgehead atoms. The van der Waals surface area contributed by atoms with Gasteiger partial charge in [0.2, 0.25) is 0 Å². The first-order valence-corrected chi connectivity index (χ1v) is 7.63. The Balaban J connectivity index is 2.05. The second kappa shape index (κ2) is 9.42. The summed E-state index contributed by atoms with van der Waals surface area (Å²) in [5, 5.41) is 2.70. The van der Waals surface area contributed by atoms with Crippen LogP contribution in [0.25, 0.3) is 0 Å². The van der Waals surface area contributed by atoms with Gasteiger partial charge in [-0.05, 0) is 31.2 Å². The van der Waals surface area contributed by atoms with Gasteiger partial charge in [-0.15, -0.1) is 0 Å². The van der Waals surface area contributed by atoms with E-state index in [4.69, 9.17) is 9.47 Å². The summed E-state index contributed by atoms with van der Waals surface area (Å²) < 4.78 is 10.4. The third-order valence-electron chi connectivity index (χ3n) is 3.14. The van der Waals surface area contributed by atoms with Gasteiger partial charge in [0.05, 0.1) is 18.8 Å². The van der Waals surface area contributed by atoms with Crippen molar-refractivity contribution in [2.75, 3.05) is 20.3 Å². The zero-order valence-electron chi connectivity index (χ0n) is 13.9. The first-order chi connectivity index (χ1) is 11.7. The van der Waals surface area contributed by atoms with Gasteiger partial charge in [0, 0.05) is 18.9 Å². The molecule has 0 saturated heterocycles. The molecule has 6 nitrogen and oxygen atoms in total.